The maximum absolute atomic E-state index is 13.8. The molecule has 0 saturated heterocycles. The molecule has 0 radical (unpaired) electrons. The molecule has 1 amide bonds. The van der Waals surface area contributed by atoms with Crippen LogP contribution in [0.1, 0.15) is 18.4 Å². The number of anilines is 3. The molecule has 0 spiro atoms. The normalized spacial score (nSPS) is 16.5. The van der Waals surface area contributed by atoms with Gasteiger partial charge in [0.05, 0.1) is 22.3 Å². The van der Waals surface area contributed by atoms with Crippen LogP contribution in [-0.2, 0) is 11.0 Å². The Bertz CT molecular complexity index is 1490. The van der Waals surface area contributed by atoms with Crippen LogP contribution >= 0.6 is 0 Å². The number of primary amides is 1. The van der Waals surface area contributed by atoms with Crippen molar-refractivity contribution in [2.75, 3.05) is 29.5 Å². The zero-order valence-corrected chi connectivity index (χ0v) is 18.3. The monoisotopic (exact) mass is 486 g/mol. The quantitative estimate of drug-likeness (QED) is 0.286. The van der Waals surface area contributed by atoms with Crippen LogP contribution in [0, 0.1) is 5.92 Å². The number of hydrogen-bond acceptors (Lipinski definition) is 7. The fraction of sp³-hybridized carbons (Fsp3) is 0.304. The van der Waals surface area contributed by atoms with E-state index >= 15 is 0 Å². The van der Waals surface area contributed by atoms with Gasteiger partial charge in [-0.3, -0.25) is 4.79 Å². The number of carbonyl (C=O) groups is 1. The van der Waals surface area contributed by atoms with Crippen LogP contribution in [0.15, 0.2) is 28.7 Å². The van der Waals surface area contributed by atoms with Crippen LogP contribution in [-0.4, -0.2) is 35.1 Å². The van der Waals surface area contributed by atoms with Gasteiger partial charge in [-0.05, 0) is 37.0 Å². The summed E-state index contributed by atoms with van der Waals surface area (Å²) in [6.45, 7) is 0.788. The summed E-state index contributed by atoms with van der Waals surface area (Å²) in [6, 6.07) is 5.22. The highest BCUT2D eigenvalue weighted by atomic mass is 19.4. The zero-order valence-electron chi connectivity index (χ0n) is 18.3. The van der Waals surface area contributed by atoms with Crippen molar-refractivity contribution in [1.29, 1.82) is 0 Å². The molecule has 1 atom stereocenters. The van der Waals surface area contributed by atoms with Gasteiger partial charge < -0.3 is 36.2 Å². The Morgan fingerprint density at radius 3 is 2.74 bits per heavy atom. The molecular formula is C23H21F3N6O3. The Balaban J connectivity index is 1.52. The first kappa shape index (κ1) is 21.4. The standard InChI is InChI=1S/C23H21F3N6O3/c24-23(25,26)12-5-10(6-14-20(12)35-22(28)32-14)17-19-16-13(31-17)7-11(8-15(16)34-4-3-29-19)30-18(21(27)33)9-1-2-9/h5-9,18,29-31H,1-4H2,(H2,27,33)(H2,28,32)/t18-/m0/s1. The fourth-order valence-electron chi connectivity index (χ4n) is 4.66. The summed E-state index contributed by atoms with van der Waals surface area (Å²) in [4.78, 5) is 19.1. The smallest absolute Gasteiger partial charge is 0.420 e. The third-order valence-corrected chi connectivity index (χ3v) is 6.35. The number of H-pyrrole nitrogens is 1. The Kier molecular flexibility index (Phi) is 4.57. The highest BCUT2D eigenvalue weighted by molar-refractivity contribution is 6.07. The first-order chi connectivity index (χ1) is 16.7. The van der Waals surface area contributed by atoms with Crippen molar-refractivity contribution in [3.8, 4) is 17.0 Å². The van der Waals surface area contributed by atoms with Gasteiger partial charge in [-0.1, -0.05) is 0 Å². The molecule has 1 aliphatic carbocycles. The number of benzene rings is 2. The van der Waals surface area contributed by atoms with Crippen LogP contribution in [0.5, 0.6) is 5.75 Å². The number of hydrogen-bond donors (Lipinski definition) is 5. The molecule has 4 aromatic rings. The van der Waals surface area contributed by atoms with Crippen LogP contribution in [0.2, 0.25) is 0 Å². The average Bonchev–Trinajstić information content (AvgIpc) is 3.50. The second-order valence-electron chi connectivity index (χ2n) is 8.83. The number of amides is 1. The van der Waals surface area contributed by atoms with Crippen molar-refractivity contribution in [2.45, 2.75) is 25.1 Å². The predicted octanol–water partition coefficient (Wildman–Crippen LogP) is 4.06. The summed E-state index contributed by atoms with van der Waals surface area (Å²) in [5.74, 6) is 0.283. The number of nitrogens with zero attached hydrogens (tertiary/aromatic N) is 1. The van der Waals surface area contributed by atoms with Gasteiger partial charge in [-0.25, -0.2) is 0 Å². The number of rotatable bonds is 5. The number of ether oxygens (including phenoxy) is 1. The van der Waals surface area contributed by atoms with Crippen molar-refractivity contribution < 1.29 is 27.1 Å². The summed E-state index contributed by atoms with van der Waals surface area (Å²) < 4.78 is 52.5. The Morgan fingerprint density at radius 1 is 1.23 bits per heavy atom. The van der Waals surface area contributed by atoms with E-state index < -0.39 is 29.3 Å². The van der Waals surface area contributed by atoms with Gasteiger partial charge in [0, 0.05) is 23.9 Å². The second kappa shape index (κ2) is 7.45. The third-order valence-electron chi connectivity index (χ3n) is 6.35. The Hall–Kier alpha value is -4.09. The number of aromatic nitrogens is 2. The van der Waals surface area contributed by atoms with Crippen molar-refractivity contribution in [3.05, 3.63) is 29.8 Å². The number of oxazole rings is 1. The SMILES string of the molecule is NC(=O)[C@@H](Nc1cc2c3c(c(-c4cc(C(F)(F)F)c5oc(N)nc5c4)[nH]c3c1)NCCO2)C1CC1. The Morgan fingerprint density at radius 2 is 2.03 bits per heavy atom. The van der Waals surface area contributed by atoms with Crippen LogP contribution in [0.25, 0.3) is 33.3 Å². The zero-order chi connectivity index (χ0) is 24.5. The van der Waals surface area contributed by atoms with E-state index in [1.165, 1.54) is 6.07 Å². The van der Waals surface area contributed by atoms with Gasteiger partial charge in [0.25, 0.3) is 6.01 Å². The average molecular weight is 486 g/mol. The van der Waals surface area contributed by atoms with Crippen molar-refractivity contribution in [3.63, 3.8) is 0 Å². The molecule has 1 saturated carbocycles. The summed E-state index contributed by atoms with van der Waals surface area (Å²) in [5.41, 5.74) is 12.3. The lowest BCUT2D eigenvalue weighted by Gasteiger charge is -2.17. The largest absolute Gasteiger partial charge is 0.491 e. The minimum atomic E-state index is -4.67. The lowest BCUT2D eigenvalue weighted by Crippen LogP contribution is -2.37. The maximum Gasteiger partial charge on any atom is 0.420 e. The minimum Gasteiger partial charge on any atom is -0.491 e. The molecule has 7 N–H and O–H groups in total. The number of aromatic amines is 1. The molecule has 2 aromatic carbocycles. The van der Waals surface area contributed by atoms with E-state index in [1.807, 2.05) is 0 Å². The summed E-state index contributed by atoms with van der Waals surface area (Å²) in [5, 5.41) is 7.14. The Labute approximate surface area is 196 Å². The molecule has 3 heterocycles. The first-order valence-electron chi connectivity index (χ1n) is 11.1. The predicted molar refractivity (Wildman–Crippen MR) is 124 cm³/mol. The highest BCUT2D eigenvalue weighted by Gasteiger charge is 2.37. The number of carbonyl (C=O) groups excluding carboxylic acids is 1. The summed E-state index contributed by atoms with van der Waals surface area (Å²) in [7, 11) is 0. The molecule has 2 aliphatic rings. The molecule has 2 aromatic heterocycles. The topological polar surface area (TPSA) is 144 Å². The molecule has 1 aliphatic heterocycles. The number of nitrogen functional groups attached to an aromatic ring is 1. The summed E-state index contributed by atoms with van der Waals surface area (Å²) >= 11 is 0. The van der Waals surface area contributed by atoms with E-state index in [1.54, 1.807) is 12.1 Å². The number of halogens is 3. The van der Waals surface area contributed by atoms with Gasteiger partial charge >= 0.3 is 6.18 Å². The lowest BCUT2D eigenvalue weighted by molar-refractivity contribution is -0.136. The molecular weight excluding hydrogens is 465 g/mol. The van der Waals surface area contributed by atoms with Gasteiger partial charge in [0.2, 0.25) is 5.91 Å². The maximum atomic E-state index is 13.8. The van der Waals surface area contributed by atoms with Crippen molar-refractivity contribution in [2.24, 2.45) is 11.7 Å². The highest BCUT2D eigenvalue weighted by Crippen LogP contribution is 2.46. The van der Waals surface area contributed by atoms with Crippen LogP contribution in [0.4, 0.5) is 30.6 Å². The first-order valence-corrected chi connectivity index (χ1v) is 11.1. The molecule has 182 valence electrons. The van der Waals surface area contributed by atoms with Crippen LogP contribution < -0.4 is 26.8 Å². The molecule has 35 heavy (non-hydrogen) atoms. The fourth-order valence-corrected chi connectivity index (χ4v) is 4.66. The van der Waals surface area contributed by atoms with E-state index in [2.05, 4.69) is 20.6 Å². The van der Waals surface area contributed by atoms with Crippen molar-refractivity contribution >= 4 is 45.3 Å². The van der Waals surface area contributed by atoms with E-state index in [0.29, 0.717) is 46.9 Å². The number of fused-ring (bicyclic) bond motifs is 1. The van der Waals surface area contributed by atoms with Gasteiger partial charge in [-0.15, -0.1) is 0 Å². The molecule has 6 rings (SSSR count). The van der Waals surface area contributed by atoms with Gasteiger partial charge in [-0.2, -0.15) is 18.2 Å². The number of nitrogens with two attached hydrogens (primary N) is 2. The van der Waals surface area contributed by atoms with E-state index in [9.17, 15) is 18.0 Å². The second-order valence-corrected chi connectivity index (χ2v) is 8.83. The van der Waals surface area contributed by atoms with Gasteiger partial charge in [0.15, 0.2) is 5.58 Å². The summed E-state index contributed by atoms with van der Waals surface area (Å²) in [6.07, 6.45) is -2.83. The molecule has 0 bridgehead atoms. The molecule has 1 fully saturated rings. The third kappa shape index (κ3) is 3.65. The van der Waals surface area contributed by atoms with Crippen molar-refractivity contribution in [1.82, 2.24) is 9.97 Å². The van der Waals surface area contributed by atoms with E-state index in [-0.39, 0.29) is 23.0 Å². The number of nitrogens with one attached hydrogen (secondary N) is 3. The molecule has 0 unspecified atom stereocenters. The molecule has 12 heteroatoms. The number of alkyl halides is 3. The lowest BCUT2D eigenvalue weighted by atomic mass is 10.0. The minimum absolute atomic E-state index is 0.000587. The molecule has 9 nitrogen and oxygen atoms in total. The van der Waals surface area contributed by atoms with E-state index in [0.717, 1.165) is 18.9 Å². The van der Waals surface area contributed by atoms with E-state index in [4.69, 9.17) is 20.6 Å². The van der Waals surface area contributed by atoms with Crippen LogP contribution in [0.3, 0.4) is 0 Å². The van der Waals surface area contributed by atoms with Gasteiger partial charge in [0.1, 0.15) is 29.5 Å².